The normalized spacial score (nSPS) is 30.3. The van der Waals surface area contributed by atoms with E-state index in [2.05, 4.69) is 40.2 Å². The van der Waals surface area contributed by atoms with Crippen molar-refractivity contribution in [2.24, 2.45) is 23.0 Å². The largest absolute Gasteiger partial charge is 0.466 e. The zero-order valence-electron chi connectivity index (χ0n) is 15.6. The molecule has 0 bridgehead atoms. The van der Waals surface area contributed by atoms with Gasteiger partial charge >= 0.3 is 5.97 Å². The SMILES string of the molecule is C=C(CCCCC1CCC2/C(=C/Br)CCCC12C)C(=O)OC.CN. The van der Waals surface area contributed by atoms with Gasteiger partial charge in [-0.1, -0.05) is 41.4 Å². The van der Waals surface area contributed by atoms with E-state index in [1.807, 2.05) is 0 Å². The first-order chi connectivity index (χ1) is 11.5. The number of hydrogen-bond donors (Lipinski definition) is 1. The molecule has 0 amide bonds. The van der Waals surface area contributed by atoms with Crippen molar-refractivity contribution in [1.29, 1.82) is 0 Å². The molecule has 138 valence electrons. The summed E-state index contributed by atoms with van der Waals surface area (Å²) in [6.45, 7) is 6.32. The number of methoxy groups -OCH3 is 1. The lowest BCUT2D eigenvalue weighted by molar-refractivity contribution is -0.136. The van der Waals surface area contributed by atoms with Crippen molar-refractivity contribution in [1.82, 2.24) is 0 Å². The predicted octanol–water partition coefficient (Wildman–Crippen LogP) is 5.35. The summed E-state index contributed by atoms with van der Waals surface area (Å²) in [5.41, 5.74) is 7.24. The Morgan fingerprint density at radius 2 is 2.12 bits per heavy atom. The molecule has 2 rings (SSSR count). The lowest BCUT2D eigenvalue weighted by Crippen LogP contribution is -2.33. The van der Waals surface area contributed by atoms with Gasteiger partial charge < -0.3 is 10.5 Å². The van der Waals surface area contributed by atoms with Crippen LogP contribution in [0.25, 0.3) is 0 Å². The van der Waals surface area contributed by atoms with Crippen LogP contribution in [0.5, 0.6) is 0 Å². The molecule has 0 aromatic rings. The third-order valence-corrected chi connectivity index (χ3v) is 6.64. The van der Waals surface area contributed by atoms with Gasteiger partial charge in [0.1, 0.15) is 0 Å². The van der Waals surface area contributed by atoms with Crippen LogP contribution in [0.15, 0.2) is 22.7 Å². The van der Waals surface area contributed by atoms with Gasteiger partial charge in [0.05, 0.1) is 7.11 Å². The number of esters is 1. The monoisotopic (exact) mass is 399 g/mol. The number of carbonyl (C=O) groups is 1. The molecule has 2 aliphatic carbocycles. The van der Waals surface area contributed by atoms with Crippen molar-refractivity contribution in [2.75, 3.05) is 14.2 Å². The van der Waals surface area contributed by atoms with Crippen LogP contribution in [-0.2, 0) is 9.53 Å². The highest BCUT2D eigenvalue weighted by atomic mass is 79.9. The highest BCUT2D eigenvalue weighted by Gasteiger charge is 2.48. The molecular formula is C20H34BrNO2. The van der Waals surface area contributed by atoms with Gasteiger partial charge in [0.25, 0.3) is 0 Å². The van der Waals surface area contributed by atoms with E-state index >= 15 is 0 Å². The molecule has 3 atom stereocenters. The average molecular weight is 400 g/mol. The first kappa shape index (κ1) is 21.4. The summed E-state index contributed by atoms with van der Waals surface area (Å²) in [7, 11) is 2.92. The van der Waals surface area contributed by atoms with E-state index < -0.39 is 0 Å². The van der Waals surface area contributed by atoms with Crippen molar-refractivity contribution in [3.05, 3.63) is 22.7 Å². The Morgan fingerprint density at radius 1 is 1.42 bits per heavy atom. The van der Waals surface area contributed by atoms with Crippen LogP contribution in [0.3, 0.4) is 0 Å². The number of fused-ring (bicyclic) bond motifs is 1. The molecule has 3 nitrogen and oxygen atoms in total. The molecule has 0 heterocycles. The van der Waals surface area contributed by atoms with Gasteiger partial charge in [-0.2, -0.15) is 0 Å². The minimum atomic E-state index is -0.257. The predicted molar refractivity (Wildman–Crippen MR) is 105 cm³/mol. The van der Waals surface area contributed by atoms with E-state index in [9.17, 15) is 4.79 Å². The maximum absolute atomic E-state index is 11.3. The number of carbonyl (C=O) groups excluding carboxylic acids is 1. The lowest BCUT2D eigenvalue weighted by Gasteiger charge is -2.42. The molecule has 0 spiro atoms. The number of hydrogen-bond acceptors (Lipinski definition) is 3. The molecule has 0 saturated heterocycles. The molecular weight excluding hydrogens is 366 g/mol. The molecule has 2 saturated carbocycles. The van der Waals surface area contributed by atoms with E-state index in [4.69, 9.17) is 4.74 Å². The summed E-state index contributed by atoms with van der Waals surface area (Å²) in [5.74, 6) is 1.37. The Morgan fingerprint density at radius 3 is 2.75 bits per heavy atom. The molecule has 2 N–H and O–H groups in total. The van der Waals surface area contributed by atoms with Crippen molar-refractivity contribution < 1.29 is 9.53 Å². The number of allylic oxidation sites excluding steroid dienone is 1. The molecule has 0 aliphatic heterocycles. The van der Waals surface area contributed by atoms with Gasteiger partial charge in [-0.15, -0.1) is 0 Å². The average Bonchev–Trinajstić information content (AvgIpc) is 2.95. The topological polar surface area (TPSA) is 52.3 Å². The molecule has 2 fully saturated rings. The molecule has 4 heteroatoms. The fraction of sp³-hybridized carbons (Fsp3) is 0.750. The maximum Gasteiger partial charge on any atom is 0.333 e. The number of halogens is 1. The number of unbranched alkanes of at least 4 members (excludes halogenated alkanes) is 1. The van der Waals surface area contributed by atoms with E-state index in [1.54, 1.807) is 5.57 Å². The summed E-state index contributed by atoms with van der Waals surface area (Å²) in [6.07, 6.45) is 11.0. The van der Waals surface area contributed by atoms with Gasteiger partial charge in [-0.05, 0) is 80.7 Å². The minimum absolute atomic E-state index is 0.257. The lowest BCUT2D eigenvalue weighted by atomic mass is 9.63. The number of ether oxygens (including phenoxy) is 1. The number of nitrogens with two attached hydrogens (primary N) is 1. The fourth-order valence-corrected chi connectivity index (χ4v) is 5.27. The summed E-state index contributed by atoms with van der Waals surface area (Å²) in [4.78, 5) is 13.5. The van der Waals surface area contributed by atoms with Crippen LogP contribution in [0.2, 0.25) is 0 Å². The Kier molecular flexibility index (Phi) is 9.28. The van der Waals surface area contributed by atoms with Crippen molar-refractivity contribution in [3.63, 3.8) is 0 Å². The van der Waals surface area contributed by atoms with Crippen LogP contribution in [0.1, 0.15) is 64.7 Å². The van der Waals surface area contributed by atoms with Crippen LogP contribution in [-0.4, -0.2) is 20.1 Å². The summed E-state index contributed by atoms with van der Waals surface area (Å²) in [6, 6.07) is 0. The Labute approximate surface area is 156 Å². The van der Waals surface area contributed by atoms with E-state index in [0.29, 0.717) is 11.0 Å². The Balaban J connectivity index is 0.00000139. The quantitative estimate of drug-likeness (QED) is 0.372. The molecule has 24 heavy (non-hydrogen) atoms. The maximum atomic E-state index is 11.3. The third-order valence-electron chi connectivity index (χ3n) is 6.06. The molecule has 0 radical (unpaired) electrons. The smallest absolute Gasteiger partial charge is 0.333 e. The summed E-state index contributed by atoms with van der Waals surface area (Å²) in [5, 5.41) is 0. The Hall–Kier alpha value is -0.610. The van der Waals surface area contributed by atoms with Crippen LogP contribution < -0.4 is 5.73 Å². The van der Waals surface area contributed by atoms with Crippen LogP contribution in [0, 0.1) is 17.3 Å². The van der Waals surface area contributed by atoms with Gasteiger partial charge in [0.2, 0.25) is 0 Å². The first-order valence-corrected chi connectivity index (χ1v) is 10.1. The third kappa shape index (κ3) is 4.95. The van der Waals surface area contributed by atoms with Crippen LogP contribution >= 0.6 is 15.9 Å². The second-order valence-corrected chi connectivity index (χ2v) is 7.67. The van der Waals surface area contributed by atoms with Gasteiger partial charge in [0, 0.05) is 5.57 Å². The summed E-state index contributed by atoms with van der Waals surface area (Å²) >= 11 is 3.58. The molecule has 0 aromatic carbocycles. The number of rotatable bonds is 6. The van der Waals surface area contributed by atoms with Gasteiger partial charge in [-0.25, -0.2) is 4.79 Å². The fourth-order valence-electron chi connectivity index (χ4n) is 4.73. The molecule has 0 aromatic heterocycles. The van der Waals surface area contributed by atoms with E-state index in [0.717, 1.165) is 24.7 Å². The van der Waals surface area contributed by atoms with E-state index in [-0.39, 0.29) is 5.97 Å². The van der Waals surface area contributed by atoms with Gasteiger partial charge in [0.15, 0.2) is 0 Å². The van der Waals surface area contributed by atoms with Crippen molar-refractivity contribution in [3.8, 4) is 0 Å². The minimum Gasteiger partial charge on any atom is -0.466 e. The van der Waals surface area contributed by atoms with Crippen LogP contribution in [0.4, 0.5) is 0 Å². The second kappa shape index (κ2) is 10.4. The summed E-state index contributed by atoms with van der Waals surface area (Å²) < 4.78 is 4.70. The van der Waals surface area contributed by atoms with Crippen molar-refractivity contribution in [2.45, 2.75) is 64.7 Å². The standard InChI is InChI=1S/C19H29BrO2.CH5N/c1-14(18(21)22-3)7-4-5-9-16-10-11-17-15(13-20)8-6-12-19(16,17)2;1-2/h13,16-17H,1,4-12H2,2-3H3;2H2,1H3/b15-13+;. The first-order valence-electron chi connectivity index (χ1n) is 9.16. The molecule has 2 aliphatic rings. The highest BCUT2D eigenvalue weighted by Crippen LogP contribution is 2.58. The Bertz CT molecular complexity index is 461. The highest BCUT2D eigenvalue weighted by molar-refractivity contribution is 9.11. The zero-order chi connectivity index (χ0) is 18.2. The zero-order valence-corrected chi connectivity index (χ0v) is 17.2. The van der Waals surface area contributed by atoms with E-state index in [1.165, 1.54) is 59.1 Å². The van der Waals surface area contributed by atoms with Gasteiger partial charge in [-0.3, -0.25) is 0 Å². The molecule has 3 unspecified atom stereocenters. The van der Waals surface area contributed by atoms with Crippen molar-refractivity contribution >= 4 is 21.9 Å². The second-order valence-electron chi connectivity index (χ2n) is 7.21.